The summed E-state index contributed by atoms with van der Waals surface area (Å²) >= 11 is 3.29. The standard InChI is InChI=1S/C14H15BrF2O2/c1-9(18)12-6-11(15)2-3-13(12)19-8-10-4-5-14(16,17)7-10/h2-3,6,10H,4-5,7-8H2,1H3. The van der Waals surface area contributed by atoms with Gasteiger partial charge < -0.3 is 4.74 Å². The fraction of sp³-hybridized carbons (Fsp3) is 0.500. The second-order valence-electron chi connectivity index (χ2n) is 4.97. The van der Waals surface area contributed by atoms with E-state index in [1.807, 2.05) is 0 Å². The molecule has 0 spiro atoms. The first-order chi connectivity index (χ1) is 8.87. The van der Waals surface area contributed by atoms with Crippen molar-refractivity contribution >= 4 is 21.7 Å². The number of carbonyl (C=O) groups is 1. The van der Waals surface area contributed by atoms with Crippen molar-refractivity contribution < 1.29 is 18.3 Å². The van der Waals surface area contributed by atoms with Crippen molar-refractivity contribution in [3.05, 3.63) is 28.2 Å². The first-order valence-electron chi connectivity index (χ1n) is 6.18. The molecule has 0 N–H and O–H groups in total. The molecule has 1 aliphatic rings. The molecule has 0 amide bonds. The van der Waals surface area contributed by atoms with Gasteiger partial charge in [0.1, 0.15) is 5.75 Å². The lowest BCUT2D eigenvalue weighted by Crippen LogP contribution is -2.14. The lowest BCUT2D eigenvalue weighted by atomic mass is 10.1. The second kappa shape index (κ2) is 5.57. The summed E-state index contributed by atoms with van der Waals surface area (Å²) in [6.07, 6.45) is 0.277. The predicted molar refractivity (Wildman–Crippen MR) is 71.9 cm³/mol. The van der Waals surface area contributed by atoms with Crippen molar-refractivity contribution in [2.24, 2.45) is 5.92 Å². The molecule has 1 saturated carbocycles. The number of Topliss-reactive ketones (excluding diaryl/α,β-unsaturated/α-hetero) is 1. The van der Waals surface area contributed by atoms with E-state index in [0.29, 0.717) is 17.7 Å². The van der Waals surface area contributed by atoms with Gasteiger partial charge in [-0.05, 0) is 37.5 Å². The third-order valence-corrected chi connectivity index (χ3v) is 3.79. The minimum atomic E-state index is -2.56. The largest absolute Gasteiger partial charge is 0.493 e. The number of halogens is 3. The summed E-state index contributed by atoms with van der Waals surface area (Å²) in [4.78, 5) is 11.5. The third kappa shape index (κ3) is 3.75. The van der Waals surface area contributed by atoms with E-state index in [1.54, 1.807) is 18.2 Å². The Kier molecular flexibility index (Phi) is 4.23. The van der Waals surface area contributed by atoms with Crippen molar-refractivity contribution in [3.63, 3.8) is 0 Å². The van der Waals surface area contributed by atoms with E-state index in [2.05, 4.69) is 15.9 Å². The van der Waals surface area contributed by atoms with Gasteiger partial charge in [0, 0.05) is 17.3 Å². The number of hydrogen-bond acceptors (Lipinski definition) is 2. The minimum Gasteiger partial charge on any atom is -0.493 e. The van der Waals surface area contributed by atoms with Crippen LogP contribution in [-0.2, 0) is 0 Å². The number of rotatable bonds is 4. The van der Waals surface area contributed by atoms with Crippen LogP contribution in [-0.4, -0.2) is 18.3 Å². The Hall–Kier alpha value is -0.970. The first kappa shape index (κ1) is 14.4. The molecular weight excluding hydrogens is 318 g/mol. The highest BCUT2D eigenvalue weighted by atomic mass is 79.9. The normalized spacial score (nSPS) is 21.4. The first-order valence-corrected chi connectivity index (χ1v) is 6.98. The summed E-state index contributed by atoms with van der Waals surface area (Å²) < 4.78 is 32.5. The lowest BCUT2D eigenvalue weighted by Gasteiger charge is -2.14. The van der Waals surface area contributed by atoms with E-state index >= 15 is 0 Å². The monoisotopic (exact) mass is 332 g/mol. The van der Waals surface area contributed by atoms with E-state index in [1.165, 1.54) is 6.92 Å². The van der Waals surface area contributed by atoms with Crippen LogP contribution < -0.4 is 4.74 Å². The Balaban J connectivity index is 2.02. The van der Waals surface area contributed by atoms with Crippen molar-refractivity contribution in [1.82, 2.24) is 0 Å². The molecule has 0 radical (unpaired) electrons. The predicted octanol–water partition coefficient (Wildman–Crippen LogP) is 4.47. The highest BCUT2D eigenvalue weighted by Crippen LogP contribution is 2.39. The van der Waals surface area contributed by atoms with Gasteiger partial charge in [0.25, 0.3) is 0 Å². The third-order valence-electron chi connectivity index (χ3n) is 3.30. The molecule has 0 aliphatic heterocycles. The van der Waals surface area contributed by atoms with Crippen LogP contribution in [0.1, 0.15) is 36.5 Å². The molecule has 1 fully saturated rings. The molecule has 104 valence electrons. The van der Waals surface area contributed by atoms with E-state index in [4.69, 9.17) is 4.74 Å². The molecule has 1 aromatic rings. The van der Waals surface area contributed by atoms with Gasteiger partial charge in [0.2, 0.25) is 5.92 Å². The Morgan fingerprint density at radius 2 is 2.26 bits per heavy atom. The van der Waals surface area contributed by atoms with Crippen LogP contribution in [0, 0.1) is 5.92 Å². The zero-order chi connectivity index (χ0) is 14.0. The topological polar surface area (TPSA) is 26.3 Å². The number of alkyl halides is 2. The lowest BCUT2D eigenvalue weighted by molar-refractivity contribution is 0.00289. The SMILES string of the molecule is CC(=O)c1cc(Br)ccc1OCC1CCC(F)(F)C1. The van der Waals surface area contributed by atoms with Crippen molar-refractivity contribution in [2.75, 3.05) is 6.61 Å². The van der Waals surface area contributed by atoms with Gasteiger partial charge in [-0.25, -0.2) is 8.78 Å². The van der Waals surface area contributed by atoms with Gasteiger partial charge in [-0.15, -0.1) is 0 Å². The summed E-state index contributed by atoms with van der Waals surface area (Å²) in [7, 11) is 0. The van der Waals surface area contributed by atoms with E-state index in [0.717, 1.165) is 4.47 Å². The van der Waals surface area contributed by atoms with Gasteiger partial charge in [-0.3, -0.25) is 4.79 Å². The molecule has 2 rings (SSSR count). The Morgan fingerprint density at radius 3 is 2.84 bits per heavy atom. The second-order valence-corrected chi connectivity index (χ2v) is 5.89. The molecular formula is C14H15BrF2O2. The molecule has 1 unspecified atom stereocenters. The number of benzene rings is 1. The Bertz CT molecular complexity index is 488. The maximum atomic E-state index is 13.1. The van der Waals surface area contributed by atoms with Crippen molar-refractivity contribution in [3.8, 4) is 5.75 Å². The van der Waals surface area contributed by atoms with Gasteiger partial charge >= 0.3 is 0 Å². The average Bonchev–Trinajstić information content (AvgIpc) is 2.67. The van der Waals surface area contributed by atoms with E-state index < -0.39 is 5.92 Å². The molecule has 2 nitrogen and oxygen atoms in total. The van der Waals surface area contributed by atoms with Gasteiger partial charge in [0.05, 0.1) is 12.2 Å². The van der Waals surface area contributed by atoms with Gasteiger partial charge in [-0.1, -0.05) is 15.9 Å². The quantitative estimate of drug-likeness (QED) is 0.760. The van der Waals surface area contributed by atoms with Crippen LogP contribution in [0.2, 0.25) is 0 Å². The van der Waals surface area contributed by atoms with E-state index in [9.17, 15) is 13.6 Å². The van der Waals surface area contributed by atoms with Crippen LogP contribution >= 0.6 is 15.9 Å². The Morgan fingerprint density at radius 1 is 1.53 bits per heavy atom. The molecule has 0 heterocycles. The van der Waals surface area contributed by atoms with Crippen molar-refractivity contribution in [1.29, 1.82) is 0 Å². The summed E-state index contributed by atoms with van der Waals surface area (Å²) in [5, 5.41) is 0. The maximum absolute atomic E-state index is 13.1. The zero-order valence-corrected chi connectivity index (χ0v) is 12.2. The number of carbonyl (C=O) groups excluding carboxylic acids is 1. The van der Waals surface area contributed by atoms with Crippen LogP contribution in [0.3, 0.4) is 0 Å². The molecule has 0 saturated heterocycles. The molecule has 0 bridgehead atoms. The van der Waals surface area contributed by atoms with E-state index in [-0.39, 0.29) is 31.1 Å². The molecule has 19 heavy (non-hydrogen) atoms. The summed E-state index contributed by atoms with van der Waals surface area (Å²) in [6.45, 7) is 1.69. The van der Waals surface area contributed by atoms with Crippen LogP contribution in [0.4, 0.5) is 8.78 Å². The molecule has 5 heteroatoms. The summed E-state index contributed by atoms with van der Waals surface area (Å²) in [5.41, 5.74) is 0.471. The maximum Gasteiger partial charge on any atom is 0.248 e. The summed E-state index contributed by atoms with van der Waals surface area (Å²) in [5.74, 6) is -2.34. The number of ether oxygens (including phenoxy) is 1. The zero-order valence-electron chi connectivity index (χ0n) is 10.6. The van der Waals surface area contributed by atoms with Gasteiger partial charge in [-0.2, -0.15) is 0 Å². The molecule has 0 aromatic heterocycles. The number of ketones is 1. The Labute approximate surface area is 119 Å². The average molecular weight is 333 g/mol. The highest BCUT2D eigenvalue weighted by Gasteiger charge is 2.39. The minimum absolute atomic E-state index is 0.0685. The van der Waals surface area contributed by atoms with Crippen LogP contribution in [0.5, 0.6) is 5.75 Å². The fourth-order valence-corrected chi connectivity index (χ4v) is 2.66. The van der Waals surface area contributed by atoms with Crippen LogP contribution in [0.25, 0.3) is 0 Å². The molecule has 1 aromatic carbocycles. The summed E-state index contributed by atoms with van der Waals surface area (Å²) in [6, 6.07) is 5.14. The fourth-order valence-electron chi connectivity index (χ4n) is 2.29. The van der Waals surface area contributed by atoms with Crippen LogP contribution in [0.15, 0.2) is 22.7 Å². The smallest absolute Gasteiger partial charge is 0.248 e. The van der Waals surface area contributed by atoms with Crippen molar-refractivity contribution in [2.45, 2.75) is 32.1 Å². The van der Waals surface area contributed by atoms with Gasteiger partial charge in [0.15, 0.2) is 5.78 Å². The highest BCUT2D eigenvalue weighted by molar-refractivity contribution is 9.10. The molecule has 1 atom stereocenters. The number of hydrogen-bond donors (Lipinski definition) is 0. The molecule has 1 aliphatic carbocycles.